The van der Waals surface area contributed by atoms with Gasteiger partial charge in [-0.3, -0.25) is 4.90 Å². The maximum Gasteiger partial charge on any atom is 0.0603 e. The van der Waals surface area contributed by atoms with Crippen molar-refractivity contribution in [3.63, 3.8) is 0 Å². The summed E-state index contributed by atoms with van der Waals surface area (Å²) >= 11 is 6.91. The van der Waals surface area contributed by atoms with Gasteiger partial charge in [-0.05, 0) is 62.6 Å². The van der Waals surface area contributed by atoms with Crippen molar-refractivity contribution in [2.24, 2.45) is 0 Å². The van der Waals surface area contributed by atoms with Gasteiger partial charge in [-0.2, -0.15) is 0 Å². The topological polar surface area (TPSA) is 29.3 Å². The molecular formula is C11H16Br2N2. The van der Waals surface area contributed by atoms with Crippen LogP contribution in [0.5, 0.6) is 0 Å². The van der Waals surface area contributed by atoms with E-state index in [4.69, 9.17) is 5.73 Å². The van der Waals surface area contributed by atoms with Gasteiger partial charge in [0.25, 0.3) is 0 Å². The molecule has 0 atom stereocenters. The smallest absolute Gasteiger partial charge is 0.0603 e. The first-order valence-electron chi connectivity index (χ1n) is 5.04. The van der Waals surface area contributed by atoms with E-state index in [9.17, 15) is 0 Å². The first-order valence-corrected chi connectivity index (χ1v) is 6.62. The van der Waals surface area contributed by atoms with Crippen molar-refractivity contribution < 1.29 is 0 Å². The van der Waals surface area contributed by atoms with Crippen molar-refractivity contribution in [1.29, 1.82) is 0 Å². The monoisotopic (exact) mass is 334 g/mol. The minimum Gasteiger partial charge on any atom is -0.397 e. The molecule has 4 heteroatoms. The Morgan fingerprint density at radius 3 is 2.00 bits per heavy atom. The van der Waals surface area contributed by atoms with E-state index in [1.165, 1.54) is 5.56 Å². The average Bonchev–Trinajstić information content (AvgIpc) is 2.22. The summed E-state index contributed by atoms with van der Waals surface area (Å²) in [5.74, 6) is 0. The standard InChI is InChI=1S/C11H16Br2N2/c1-3-15(4-2)7-8-5-9(12)11(14)10(13)6-8/h5-6H,3-4,7,14H2,1-2H3. The second-order valence-electron chi connectivity index (χ2n) is 3.43. The molecule has 0 radical (unpaired) electrons. The van der Waals surface area contributed by atoms with E-state index in [0.29, 0.717) is 0 Å². The van der Waals surface area contributed by atoms with Crippen LogP contribution in [0.1, 0.15) is 19.4 Å². The van der Waals surface area contributed by atoms with Crippen LogP contribution in [-0.4, -0.2) is 18.0 Å². The van der Waals surface area contributed by atoms with Gasteiger partial charge in [-0.15, -0.1) is 0 Å². The summed E-state index contributed by atoms with van der Waals surface area (Å²) in [6.07, 6.45) is 0. The van der Waals surface area contributed by atoms with Crippen LogP contribution < -0.4 is 5.73 Å². The zero-order valence-corrected chi connectivity index (χ0v) is 12.2. The van der Waals surface area contributed by atoms with Gasteiger partial charge in [0.1, 0.15) is 0 Å². The lowest BCUT2D eigenvalue weighted by molar-refractivity contribution is 0.296. The fourth-order valence-electron chi connectivity index (χ4n) is 1.43. The number of anilines is 1. The Kier molecular flexibility index (Phi) is 5.09. The molecule has 0 aliphatic carbocycles. The highest BCUT2D eigenvalue weighted by atomic mass is 79.9. The number of rotatable bonds is 4. The van der Waals surface area contributed by atoms with E-state index in [-0.39, 0.29) is 0 Å². The van der Waals surface area contributed by atoms with Crippen LogP contribution in [0.25, 0.3) is 0 Å². The van der Waals surface area contributed by atoms with Crippen LogP contribution in [0.3, 0.4) is 0 Å². The predicted octanol–water partition coefficient (Wildman–Crippen LogP) is 3.64. The number of nitrogens with zero attached hydrogens (tertiary/aromatic N) is 1. The van der Waals surface area contributed by atoms with Crippen molar-refractivity contribution in [3.05, 3.63) is 26.6 Å². The van der Waals surface area contributed by atoms with Crippen LogP contribution in [0, 0.1) is 0 Å². The highest BCUT2D eigenvalue weighted by Crippen LogP contribution is 2.29. The van der Waals surface area contributed by atoms with Crippen molar-refractivity contribution in [2.75, 3.05) is 18.8 Å². The molecular weight excluding hydrogens is 320 g/mol. The molecule has 2 nitrogen and oxygen atoms in total. The number of hydrogen-bond acceptors (Lipinski definition) is 2. The maximum atomic E-state index is 5.84. The molecule has 0 fully saturated rings. The molecule has 0 heterocycles. The minimum atomic E-state index is 0.762. The number of halogens is 2. The first-order chi connectivity index (χ1) is 7.08. The van der Waals surface area contributed by atoms with Crippen LogP contribution in [-0.2, 0) is 6.54 Å². The molecule has 0 bridgehead atoms. The summed E-state index contributed by atoms with van der Waals surface area (Å²) in [7, 11) is 0. The Morgan fingerprint density at radius 1 is 1.13 bits per heavy atom. The third kappa shape index (κ3) is 3.47. The Labute approximate surface area is 108 Å². The maximum absolute atomic E-state index is 5.84. The average molecular weight is 336 g/mol. The Hall–Kier alpha value is -0.0600. The quantitative estimate of drug-likeness (QED) is 0.851. The number of nitrogens with two attached hydrogens (primary N) is 1. The van der Waals surface area contributed by atoms with E-state index < -0.39 is 0 Å². The van der Waals surface area contributed by atoms with Gasteiger partial charge >= 0.3 is 0 Å². The lowest BCUT2D eigenvalue weighted by atomic mass is 10.2. The molecule has 1 aromatic carbocycles. The Balaban J connectivity index is 2.87. The van der Waals surface area contributed by atoms with Gasteiger partial charge < -0.3 is 5.73 Å². The van der Waals surface area contributed by atoms with Gasteiger partial charge in [0.05, 0.1) is 5.69 Å². The number of hydrogen-bond donors (Lipinski definition) is 1. The normalized spacial score (nSPS) is 11.0. The highest BCUT2D eigenvalue weighted by Gasteiger charge is 2.06. The second kappa shape index (κ2) is 5.87. The lowest BCUT2D eigenvalue weighted by Crippen LogP contribution is -2.22. The molecule has 0 aromatic heterocycles. The minimum absolute atomic E-state index is 0.762. The zero-order valence-electron chi connectivity index (χ0n) is 9.06. The van der Waals surface area contributed by atoms with Gasteiger partial charge in [0, 0.05) is 15.5 Å². The predicted molar refractivity (Wildman–Crippen MR) is 72.9 cm³/mol. The fourth-order valence-corrected chi connectivity index (χ4v) is 2.71. The number of benzene rings is 1. The van der Waals surface area contributed by atoms with Crippen molar-refractivity contribution in [1.82, 2.24) is 4.90 Å². The van der Waals surface area contributed by atoms with Crippen molar-refractivity contribution in [3.8, 4) is 0 Å². The summed E-state index contributed by atoms with van der Waals surface area (Å²) in [6.45, 7) is 7.44. The van der Waals surface area contributed by atoms with E-state index in [1.54, 1.807) is 0 Å². The lowest BCUT2D eigenvalue weighted by Gasteiger charge is -2.18. The molecule has 0 saturated carbocycles. The highest BCUT2D eigenvalue weighted by molar-refractivity contribution is 9.11. The summed E-state index contributed by atoms with van der Waals surface area (Å²) < 4.78 is 1.91. The van der Waals surface area contributed by atoms with E-state index in [2.05, 4.69) is 62.7 Å². The Morgan fingerprint density at radius 2 is 1.60 bits per heavy atom. The van der Waals surface area contributed by atoms with E-state index >= 15 is 0 Å². The molecule has 15 heavy (non-hydrogen) atoms. The molecule has 0 aliphatic rings. The summed E-state index contributed by atoms with van der Waals surface area (Å²) in [6, 6.07) is 4.16. The molecule has 1 rings (SSSR count). The largest absolute Gasteiger partial charge is 0.397 e. The van der Waals surface area contributed by atoms with Gasteiger partial charge in [-0.25, -0.2) is 0 Å². The van der Waals surface area contributed by atoms with E-state index in [1.807, 2.05) is 0 Å². The molecule has 0 spiro atoms. The zero-order chi connectivity index (χ0) is 11.4. The van der Waals surface area contributed by atoms with Crippen LogP contribution >= 0.6 is 31.9 Å². The van der Waals surface area contributed by atoms with Crippen molar-refractivity contribution >= 4 is 37.5 Å². The molecule has 84 valence electrons. The Bertz CT molecular complexity index is 312. The third-order valence-electron chi connectivity index (χ3n) is 2.44. The number of nitrogen functional groups attached to an aromatic ring is 1. The summed E-state index contributed by atoms with van der Waals surface area (Å²) in [4.78, 5) is 2.37. The molecule has 2 N–H and O–H groups in total. The first kappa shape index (κ1) is 13.0. The molecule has 0 saturated heterocycles. The van der Waals surface area contributed by atoms with Crippen LogP contribution in [0.4, 0.5) is 5.69 Å². The summed E-state index contributed by atoms with van der Waals surface area (Å²) in [5, 5.41) is 0. The molecule has 0 aliphatic heterocycles. The SMILES string of the molecule is CCN(CC)Cc1cc(Br)c(N)c(Br)c1. The second-order valence-corrected chi connectivity index (χ2v) is 5.14. The fraction of sp³-hybridized carbons (Fsp3) is 0.455. The van der Waals surface area contributed by atoms with Gasteiger partial charge in [-0.1, -0.05) is 13.8 Å². The molecule has 1 aromatic rings. The van der Waals surface area contributed by atoms with Crippen LogP contribution in [0.2, 0.25) is 0 Å². The third-order valence-corrected chi connectivity index (χ3v) is 3.75. The van der Waals surface area contributed by atoms with Gasteiger partial charge in [0.2, 0.25) is 0 Å². The van der Waals surface area contributed by atoms with Crippen molar-refractivity contribution in [2.45, 2.75) is 20.4 Å². The summed E-state index contributed by atoms with van der Waals surface area (Å²) in [5.41, 5.74) is 7.87. The molecule has 0 amide bonds. The van der Waals surface area contributed by atoms with Crippen LogP contribution in [0.15, 0.2) is 21.1 Å². The van der Waals surface area contributed by atoms with Gasteiger partial charge in [0.15, 0.2) is 0 Å². The van der Waals surface area contributed by atoms with E-state index in [0.717, 1.165) is 34.3 Å². The molecule has 0 unspecified atom stereocenters.